The predicted molar refractivity (Wildman–Crippen MR) is 118 cm³/mol. The second kappa shape index (κ2) is 8.80. The maximum atomic E-state index is 13.2. The smallest absolute Gasteiger partial charge is 0.251 e. The molecule has 2 aliphatic rings. The first-order valence-electron chi connectivity index (χ1n) is 10.5. The molecule has 0 unspecified atom stereocenters. The summed E-state index contributed by atoms with van der Waals surface area (Å²) in [6, 6.07) is 11.9. The fourth-order valence-corrected chi connectivity index (χ4v) is 5.24. The maximum Gasteiger partial charge on any atom is 0.251 e. The van der Waals surface area contributed by atoms with Gasteiger partial charge in [-0.05, 0) is 54.2 Å². The Balaban J connectivity index is 1.56. The van der Waals surface area contributed by atoms with E-state index in [4.69, 9.17) is 0 Å². The van der Waals surface area contributed by atoms with E-state index in [1.165, 1.54) is 30.3 Å². The highest BCUT2D eigenvalue weighted by Crippen LogP contribution is 2.37. The van der Waals surface area contributed by atoms with Gasteiger partial charge in [0, 0.05) is 16.5 Å². The summed E-state index contributed by atoms with van der Waals surface area (Å²) in [6.45, 7) is 4.81. The molecule has 3 atom stereocenters. The molecule has 158 valence electrons. The lowest BCUT2D eigenvalue weighted by atomic mass is 9.78. The molecule has 0 aromatic heterocycles. The van der Waals surface area contributed by atoms with Crippen LogP contribution in [-0.2, 0) is 11.3 Å². The molecule has 2 aromatic rings. The van der Waals surface area contributed by atoms with Gasteiger partial charge in [0.05, 0.1) is 18.0 Å². The number of hydrogen-bond acceptors (Lipinski definition) is 3. The number of halogens is 1. The van der Waals surface area contributed by atoms with Crippen LogP contribution in [0, 0.1) is 17.7 Å². The molecule has 1 heterocycles. The fourth-order valence-electron chi connectivity index (χ4n) is 4.33. The Labute approximate surface area is 181 Å². The molecule has 0 saturated heterocycles. The van der Waals surface area contributed by atoms with Crippen molar-refractivity contribution in [2.45, 2.75) is 50.6 Å². The molecular formula is C24H27FN2O2S. The molecular weight excluding hydrogens is 399 g/mol. The van der Waals surface area contributed by atoms with Crippen LogP contribution in [-0.4, -0.2) is 23.6 Å². The molecule has 1 aliphatic carbocycles. The number of nitrogens with one attached hydrogen (secondary N) is 1. The van der Waals surface area contributed by atoms with Crippen LogP contribution in [0.5, 0.6) is 0 Å². The van der Waals surface area contributed by atoms with Gasteiger partial charge in [-0.3, -0.25) is 9.59 Å². The van der Waals surface area contributed by atoms with E-state index in [0.29, 0.717) is 29.7 Å². The molecule has 0 bridgehead atoms. The van der Waals surface area contributed by atoms with Crippen molar-refractivity contribution in [1.29, 1.82) is 0 Å². The van der Waals surface area contributed by atoms with Crippen molar-refractivity contribution in [2.75, 3.05) is 10.7 Å². The van der Waals surface area contributed by atoms with Crippen LogP contribution < -0.4 is 10.2 Å². The first-order valence-corrected chi connectivity index (χ1v) is 11.5. The van der Waals surface area contributed by atoms with Crippen LogP contribution in [0.25, 0.3) is 0 Å². The third-order valence-electron chi connectivity index (χ3n) is 6.44. The molecule has 6 heteroatoms. The average molecular weight is 427 g/mol. The molecule has 2 amide bonds. The highest BCUT2D eigenvalue weighted by Gasteiger charge is 2.30. The molecule has 4 nitrogen and oxygen atoms in total. The van der Waals surface area contributed by atoms with Crippen LogP contribution in [0.3, 0.4) is 0 Å². The van der Waals surface area contributed by atoms with E-state index in [0.717, 1.165) is 29.0 Å². The molecule has 1 N–H and O–H groups in total. The van der Waals surface area contributed by atoms with Crippen molar-refractivity contribution in [1.82, 2.24) is 5.32 Å². The second-order valence-corrected chi connectivity index (χ2v) is 9.44. The first kappa shape index (κ1) is 20.9. The number of hydrogen-bond donors (Lipinski definition) is 1. The molecule has 30 heavy (non-hydrogen) atoms. The Morgan fingerprint density at radius 3 is 2.70 bits per heavy atom. The highest BCUT2D eigenvalue weighted by atomic mass is 32.2. The summed E-state index contributed by atoms with van der Waals surface area (Å²) in [5.41, 5.74) is 2.17. The van der Waals surface area contributed by atoms with Crippen LogP contribution in [0.4, 0.5) is 10.1 Å². The van der Waals surface area contributed by atoms with E-state index in [9.17, 15) is 14.0 Å². The minimum Gasteiger partial charge on any atom is -0.349 e. The number of fused-ring (bicyclic) bond motifs is 1. The van der Waals surface area contributed by atoms with Gasteiger partial charge in [-0.25, -0.2) is 4.39 Å². The fraction of sp³-hybridized carbons (Fsp3) is 0.417. The number of benzene rings is 2. The Kier molecular flexibility index (Phi) is 6.14. The second-order valence-electron chi connectivity index (χ2n) is 8.42. The Hall–Kier alpha value is -2.34. The number of amides is 2. The van der Waals surface area contributed by atoms with Gasteiger partial charge in [0.1, 0.15) is 5.82 Å². The highest BCUT2D eigenvalue weighted by molar-refractivity contribution is 8.00. The van der Waals surface area contributed by atoms with Crippen molar-refractivity contribution < 1.29 is 14.0 Å². The number of nitrogens with zero attached hydrogens (tertiary/aromatic N) is 1. The Morgan fingerprint density at radius 2 is 1.93 bits per heavy atom. The van der Waals surface area contributed by atoms with Crippen LogP contribution in [0.1, 0.15) is 49.0 Å². The van der Waals surface area contributed by atoms with Crippen LogP contribution >= 0.6 is 11.8 Å². The molecule has 1 aliphatic heterocycles. The summed E-state index contributed by atoms with van der Waals surface area (Å²) < 4.78 is 13.2. The van der Waals surface area contributed by atoms with Crippen molar-refractivity contribution >= 4 is 29.3 Å². The van der Waals surface area contributed by atoms with Gasteiger partial charge in [-0.15, -0.1) is 11.8 Å². The molecule has 0 radical (unpaired) electrons. The number of anilines is 1. The van der Waals surface area contributed by atoms with Crippen molar-refractivity contribution in [3.63, 3.8) is 0 Å². The predicted octanol–water partition coefficient (Wildman–Crippen LogP) is 5.02. The van der Waals surface area contributed by atoms with Crippen molar-refractivity contribution in [3.05, 3.63) is 59.4 Å². The normalized spacial score (nSPS) is 23.8. The minimum atomic E-state index is -0.301. The molecule has 4 rings (SSSR count). The number of thioether (sulfide) groups is 1. The Morgan fingerprint density at radius 1 is 1.17 bits per heavy atom. The third kappa shape index (κ3) is 4.38. The number of rotatable bonds is 4. The molecule has 1 fully saturated rings. The zero-order chi connectivity index (χ0) is 21.3. The standard InChI is InChI=1S/C24H27FN2O2S/c1-15-4-3-5-20(16(15)2)26-24(29)18-8-11-22-21(12-18)27(23(28)14-30-22)13-17-6-9-19(25)10-7-17/h6-12,15-16,20H,3-5,13-14H2,1-2H3,(H,26,29)/t15-,16+,20-/m1/s1. The SMILES string of the molecule is C[C@H]1[C@H](C)CCC[C@H]1NC(=O)c1ccc2c(c1)N(Cc1ccc(F)cc1)C(=O)CS2. The lowest BCUT2D eigenvalue weighted by Crippen LogP contribution is -2.43. The van der Waals surface area contributed by atoms with Gasteiger partial charge in [0.25, 0.3) is 5.91 Å². The van der Waals surface area contributed by atoms with Gasteiger partial charge in [0.15, 0.2) is 0 Å². The summed E-state index contributed by atoms with van der Waals surface area (Å²) >= 11 is 1.49. The average Bonchev–Trinajstić information content (AvgIpc) is 2.74. The van der Waals surface area contributed by atoms with Gasteiger partial charge >= 0.3 is 0 Å². The van der Waals surface area contributed by atoms with Crippen molar-refractivity contribution in [3.8, 4) is 0 Å². The number of carbonyl (C=O) groups is 2. The summed E-state index contributed by atoms with van der Waals surface area (Å²) in [5, 5.41) is 3.21. The van der Waals surface area contributed by atoms with Gasteiger partial charge < -0.3 is 10.2 Å². The third-order valence-corrected chi connectivity index (χ3v) is 7.49. The maximum absolute atomic E-state index is 13.2. The molecule has 0 spiro atoms. The summed E-state index contributed by atoms with van der Waals surface area (Å²) in [5.74, 6) is 1.01. The lowest BCUT2D eigenvalue weighted by molar-refractivity contribution is -0.116. The van der Waals surface area contributed by atoms with E-state index in [1.807, 2.05) is 18.2 Å². The van der Waals surface area contributed by atoms with Gasteiger partial charge in [-0.1, -0.05) is 38.8 Å². The lowest BCUT2D eigenvalue weighted by Gasteiger charge is -2.34. The van der Waals surface area contributed by atoms with Gasteiger partial charge in [0.2, 0.25) is 5.91 Å². The van der Waals surface area contributed by atoms with E-state index < -0.39 is 0 Å². The van der Waals surface area contributed by atoms with E-state index >= 15 is 0 Å². The first-order chi connectivity index (χ1) is 14.4. The molecule has 2 aromatic carbocycles. The largest absolute Gasteiger partial charge is 0.349 e. The zero-order valence-electron chi connectivity index (χ0n) is 17.4. The quantitative estimate of drug-likeness (QED) is 0.747. The molecule has 1 saturated carbocycles. The van der Waals surface area contributed by atoms with Crippen LogP contribution in [0.15, 0.2) is 47.4 Å². The van der Waals surface area contributed by atoms with E-state index in [2.05, 4.69) is 19.2 Å². The number of carbonyl (C=O) groups excluding carboxylic acids is 2. The summed E-state index contributed by atoms with van der Waals surface area (Å²) in [4.78, 5) is 28.3. The monoisotopic (exact) mass is 426 g/mol. The minimum absolute atomic E-state index is 0.0101. The van der Waals surface area contributed by atoms with E-state index in [-0.39, 0.29) is 23.7 Å². The van der Waals surface area contributed by atoms with Crippen molar-refractivity contribution in [2.24, 2.45) is 11.8 Å². The topological polar surface area (TPSA) is 49.4 Å². The van der Waals surface area contributed by atoms with E-state index in [1.54, 1.807) is 17.0 Å². The zero-order valence-corrected chi connectivity index (χ0v) is 18.2. The van der Waals surface area contributed by atoms with Gasteiger partial charge in [-0.2, -0.15) is 0 Å². The van der Waals surface area contributed by atoms with Crippen LogP contribution in [0.2, 0.25) is 0 Å². The summed E-state index contributed by atoms with van der Waals surface area (Å²) in [7, 11) is 0. The Bertz CT molecular complexity index is 947. The summed E-state index contributed by atoms with van der Waals surface area (Å²) in [6.07, 6.45) is 3.36.